The van der Waals surface area contributed by atoms with E-state index in [-0.39, 0.29) is 5.60 Å². The molecule has 1 rings (SSSR count). The van der Waals surface area contributed by atoms with Crippen molar-refractivity contribution in [1.29, 1.82) is 0 Å². The zero-order chi connectivity index (χ0) is 15.9. The Bertz CT molecular complexity index is 287. The lowest BCUT2D eigenvalue weighted by Gasteiger charge is -2.32. The third kappa shape index (κ3) is 8.66. The molecule has 0 saturated heterocycles. The lowest BCUT2D eigenvalue weighted by Crippen LogP contribution is -2.29. The fourth-order valence-electron chi connectivity index (χ4n) is 3.31. The number of hydrogen-bond donors (Lipinski definition) is 0. The van der Waals surface area contributed by atoms with E-state index in [9.17, 15) is 0 Å². The van der Waals surface area contributed by atoms with Crippen LogP contribution in [0.4, 0.5) is 0 Å². The van der Waals surface area contributed by atoms with Crippen molar-refractivity contribution >= 4 is 0 Å². The van der Waals surface area contributed by atoms with E-state index in [2.05, 4.69) is 26.0 Å². The van der Waals surface area contributed by atoms with Gasteiger partial charge in [-0.15, -0.1) is 0 Å². The minimum Gasteiger partial charge on any atom is -0.491 e. The van der Waals surface area contributed by atoms with Crippen molar-refractivity contribution in [2.75, 3.05) is 0 Å². The molecule has 0 unspecified atom stereocenters. The second-order valence-electron chi connectivity index (χ2n) is 6.91. The number of rotatable bonds is 14. The fraction of sp³-hybridized carbons (Fsp3) is 0.810. The Morgan fingerprint density at radius 1 is 0.636 bits per heavy atom. The normalized spacial score (nSPS) is 15.9. The summed E-state index contributed by atoms with van der Waals surface area (Å²) in [5.74, 6) is 0. The number of hydrogen-bond acceptors (Lipinski definition) is 1. The summed E-state index contributed by atoms with van der Waals surface area (Å²) in [5.41, 5.74) is 0.00423. The van der Waals surface area contributed by atoms with E-state index in [1.54, 1.807) is 0 Å². The van der Waals surface area contributed by atoms with E-state index in [4.69, 9.17) is 4.74 Å². The van der Waals surface area contributed by atoms with Crippen LogP contribution in [0.3, 0.4) is 0 Å². The Balaban J connectivity index is 2.20. The predicted molar refractivity (Wildman–Crippen MR) is 98.1 cm³/mol. The molecule has 0 aromatic carbocycles. The van der Waals surface area contributed by atoms with Crippen molar-refractivity contribution < 1.29 is 4.74 Å². The number of ether oxygens (including phenoxy) is 1. The lowest BCUT2D eigenvalue weighted by molar-refractivity contribution is 0.0431. The highest BCUT2D eigenvalue weighted by molar-refractivity contribution is 5.14. The van der Waals surface area contributed by atoms with E-state index in [0.29, 0.717) is 0 Å². The maximum Gasteiger partial charge on any atom is 0.126 e. The van der Waals surface area contributed by atoms with Crippen molar-refractivity contribution in [2.45, 2.75) is 109 Å². The summed E-state index contributed by atoms with van der Waals surface area (Å²) in [6.07, 6.45) is 27.1. The Kier molecular flexibility index (Phi) is 11.2. The first-order valence-electron chi connectivity index (χ1n) is 9.85. The molecule has 1 aliphatic heterocycles. The van der Waals surface area contributed by atoms with Gasteiger partial charge < -0.3 is 4.74 Å². The molecule has 0 amide bonds. The summed E-state index contributed by atoms with van der Waals surface area (Å²) in [5, 5.41) is 0. The maximum absolute atomic E-state index is 6.05. The molecule has 128 valence electrons. The summed E-state index contributed by atoms with van der Waals surface area (Å²) in [6.45, 7) is 4.56. The van der Waals surface area contributed by atoms with Gasteiger partial charge in [0.1, 0.15) is 5.60 Å². The second-order valence-corrected chi connectivity index (χ2v) is 6.91. The van der Waals surface area contributed by atoms with Gasteiger partial charge in [-0.2, -0.15) is 0 Å². The molecule has 0 atom stereocenters. The quantitative estimate of drug-likeness (QED) is 0.305. The molecule has 0 aromatic rings. The Labute approximate surface area is 139 Å². The van der Waals surface area contributed by atoms with Crippen LogP contribution in [0.2, 0.25) is 0 Å². The SMILES string of the molecule is CCCCCCCCC1(CCCCCCCC)C=CC=CO1. The van der Waals surface area contributed by atoms with Crippen molar-refractivity contribution in [2.24, 2.45) is 0 Å². The van der Waals surface area contributed by atoms with Gasteiger partial charge in [0.05, 0.1) is 6.26 Å². The molecule has 0 spiro atoms. The van der Waals surface area contributed by atoms with E-state index >= 15 is 0 Å². The van der Waals surface area contributed by atoms with E-state index in [1.807, 2.05) is 12.3 Å². The molecule has 0 N–H and O–H groups in total. The summed E-state index contributed by atoms with van der Waals surface area (Å²) in [7, 11) is 0. The van der Waals surface area contributed by atoms with Gasteiger partial charge in [-0.05, 0) is 37.8 Å². The fourth-order valence-corrected chi connectivity index (χ4v) is 3.31. The van der Waals surface area contributed by atoms with Crippen LogP contribution in [0.1, 0.15) is 104 Å². The molecule has 1 nitrogen and oxygen atoms in total. The summed E-state index contributed by atoms with van der Waals surface area (Å²) in [4.78, 5) is 0. The van der Waals surface area contributed by atoms with Crippen LogP contribution in [0.15, 0.2) is 24.5 Å². The highest BCUT2D eigenvalue weighted by atomic mass is 16.5. The average Bonchev–Trinajstić information content (AvgIpc) is 2.55. The Hall–Kier alpha value is -0.720. The van der Waals surface area contributed by atoms with E-state index < -0.39 is 0 Å². The number of unbranched alkanes of at least 4 members (excludes halogenated alkanes) is 10. The van der Waals surface area contributed by atoms with Gasteiger partial charge in [0, 0.05) is 0 Å². The highest BCUT2D eigenvalue weighted by Crippen LogP contribution is 2.31. The average molecular weight is 307 g/mol. The Morgan fingerprint density at radius 3 is 1.59 bits per heavy atom. The standard InChI is InChI=1S/C21H38O/c1-3-5-7-9-11-13-17-21(19-15-16-20-22-21)18-14-12-10-8-6-4-2/h15-16,19-20H,3-14,17-18H2,1-2H3. The van der Waals surface area contributed by atoms with E-state index in [1.165, 1.54) is 89.9 Å². The van der Waals surface area contributed by atoms with Crippen LogP contribution in [-0.2, 0) is 4.74 Å². The highest BCUT2D eigenvalue weighted by Gasteiger charge is 2.27. The van der Waals surface area contributed by atoms with Crippen LogP contribution in [0, 0.1) is 0 Å². The molecular weight excluding hydrogens is 268 g/mol. The molecule has 0 aromatic heterocycles. The van der Waals surface area contributed by atoms with Crippen LogP contribution >= 0.6 is 0 Å². The van der Waals surface area contributed by atoms with Gasteiger partial charge in [-0.25, -0.2) is 0 Å². The zero-order valence-electron chi connectivity index (χ0n) is 15.1. The summed E-state index contributed by atoms with van der Waals surface area (Å²) in [6, 6.07) is 0. The monoisotopic (exact) mass is 306 g/mol. The first-order valence-corrected chi connectivity index (χ1v) is 9.85. The largest absolute Gasteiger partial charge is 0.491 e. The molecular formula is C21H38O. The number of allylic oxidation sites excluding steroid dienone is 2. The first-order chi connectivity index (χ1) is 10.8. The molecule has 22 heavy (non-hydrogen) atoms. The first kappa shape index (κ1) is 19.3. The minimum atomic E-state index is 0.00423. The predicted octanol–water partition coefficient (Wildman–Crippen LogP) is 7.33. The van der Waals surface area contributed by atoms with Crippen LogP contribution in [-0.4, -0.2) is 5.60 Å². The molecule has 0 radical (unpaired) electrons. The van der Waals surface area contributed by atoms with Crippen LogP contribution < -0.4 is 0 Å². The van der Waals surface area contributed by atoms with Gasteiger partial charge >= 0.3 is 0 Å². The lowest BCUT2D eigenvalue weighted by atomic mass is 9.88. The van der Waals surface area contributed by atoms with Crippen LogP contribution in [0.5, 0.6) is 0 Å². The van der Waals surface area contributed by atoms with Crippen molar-refractivity contribution in [3.05, 3.63) is 24.5 Å². The van der Waals surface area contributed by atoms with Gasteiger partial charge in [0.2, 0.25) is 0 Å². The molecule has 0 saturated carbocycles. The molecule has 0 bridgehead atoms. The van der Waals surface area contributed by atoms with Gasteiger partial charge in [0.25, 0.3) is 0 Å². The van der Waals surface area contributed by atoms with E-state index in [0.717, 1.165) is 0 Å². The molecule has 1 heterocycles. The van der Waals surface area contributed by atoms with Gasteiger partial charge in [0.15, 0.2) is 0 Å². The van der Waals surface area contributed by atoms with Crippen LogP contribution in [0.25, 0.3) is 0 Å². The van der Waals surface area contributed by atoms with Crippen molar-refractivity contribution in [1.82, 2.24) is 0 Å². The summed E-state index contributed by atoms with van der Waals surface area (Å²) < 4.78 is 6.05. The topological polar surface area (TPSA) is 9.23 Å². The second kappa shape index (κ2) is 12.8. The maximum atomic E-state index is 6.05. The molecule has 1 heteroatoms. The van der Waals surface area contributed by atoms with Gasteiger partial charge in [-0.1, -0.05) is 84.1 Å². The zero-order valence-corrected chi connectivity index (χ0v) is 15.1. The smallest absolute Gasteiger partial charge is 0.126 e. The summed E-state index contributed by atoms with van der Waals surface area (Å²) >= 11 is 0. The van der Waals surface area contributed by atoms with Crippen molar-refractivity contribution in [3.63, 3.8) is 0 Å². The third-order valence-corrected chi connectivity index (χ3v) is 4.80. The Morgan fingerprint density at radius 2 is 1.14 bits per heavy atom. The third-order valence-electron chi connectivity index (χ3n) is 4.80. The van der Waals surface area contributed by atoms with Crippen molar-refractivity contribution in [3.8, 4) is 0 Å². The molecule has 1 aliphatic rings. The minimum absolute atomic E-state index is 0.00423. The molecule has 0 fully saturated rings. The van der Waals surface area contributed by atoms with Gasteiger partial charge in [-0.3, -0.25) is 0 Å². The molecule has 0 aliphatic carbocycles.